The van der Waals surface area contributed by atoms with E-state index in [0.29, 0.717) is 30.0 Å². The highest BCUT2D eigenvalue weighted by Crippen LogP contribution is 2.22. The van der Waals surface area contributed by atoms with Crippen LogP contribution in [0.5, 0.6) is 0 Å². The zero-order valence-corrected chi connectivity index (χ0v) is 16.0. The van der Waals surface area contributed by atoms with Crippen molar-refractivity contribution in [1.82, 2.24) is 14.1 Å². The highest BCUT2D eigenvalue weighted by Gasteiger charge is 2.15. The van der Waals surface area contributed by atoms with Gasteiger partial charge in [-0.15, -0.1) is 0 Å². The average Bonchev–Trinajstić information content (AvgIpc) is 2.85. The number of halogens is 1. The molecule has 2 heterocycles. The first kappa shape index (κ1) is 17.3. The Bertz CT molecular complexity index is 1050. The van der Waals surface area contributed by atoms with Gasteiger partial charge >= 0.3 is 0 Å². The van der Waals surface area contributed by atoms with Gasteiger partial charge in [0.25, 0.3) is 5.56 Å². The summed E-state index contributed by atoms with van der Waals surface area (Å²) in [6.07, 6.45) is 0. The molecule has 124 valence electrons. The number of thioether (sulfide) groups is 1. The average molecular weight is 398 g/mol. The van der Waals surface area contributed by atoms with Gasteiger partial charge in [-0.25, -0.2) is 4.98 Å². The van der Waals surface area contributed by atoms with Gasteiger partial charge in [0.2, 0.25) is 0 Å². The molecule has 9 heteroatoms. The minimum atomic E-state index is -0.154. The third-order valence-electron chi connectivity index (χ3n) is 3.47. The van der Waals surface area contributed by atoms with E-state index in [4.69, 9.17) is 23.8 Å². The van der Waals surface area contributed by atoms with E-state index < -0.39 is 0 Å². The highest BCUT2D eigenvalue weighted by atomic mass is 35.5. The van der Waals surface area contributed by atoms with Crippen molar-refractivity contribution >= 4 is 63.0 Å². The van der Waals surface area contributed by atoms with Gasteiger partial charge in [-0.3, -0.25) is 14.2 Å². The number of ketones is 1. The fraction of sp³-hybridized carbons (Fsp3) is 0.200. The molecule has 0 unspecified atom stereocenters. The quantitative estimate of drug-likeness (QED) is 0.291. The van der Waals surface area contributed by atoms with Crippen molar-refractivity contribution in [3.8, 4) is 0 Å². The van der Waals surface area contributed by atoms with Crippen LogP contribution in [0.3, 0.4) is 0 Å². The van der Waals surface area contributed by atoms with Crippen LogP contribution in [0.1, 0.15) is 10.4 Å². The largest absolute Gasteiger partial charge is 0.311 e. The number of fused-ring (bicyclic) bond motifs is 1. The summed E-state index contributed by atoms with van der Waals surface area (Å²) in [5.74, 6) is 0.131. The predicted molar refractivity (Wildman–Crippen MR) is 101 cm³/mol. The number of carbonyl (C=O) groups is 1. The van der Waals surface area contributed by atoms with E-state index in [1.165, 1.54) is 27.7 Å². The van der Waals surface area contributed by atoms with Crippen molar-refractivity contribution in [3.63, 3.8) is 0 Å². The zero-order valence-electron chi connectivity index (χ0n) is 12.8. The summed E-state index contributed by atoms with van der Waals surface area (Å²) in [6, 6.07) is 6.72. The summed E-state index contributed by atoms with van der Waals surface area (Å²) in [5, 5.41) is 1.07. The lowest BCUT2D eigenvalue weighted by Gasteiger charge is -2.07. The van der Waals surface area contributed by atoms with E-state index in [-0.39, 0.29) is 17.1 Å². The third-order valence-corrected chi connectivity index (χ3v) is 6.29. The SMILES string of the molecule is Cn1c(SCC(=O)c2ccc(Cl)cc2)nc2c(sc(=S)n2C)c1=O. The second kappa shape index (κ2) is 6.79. The van der Waals surface area contributed by atoms with Crippen LogP contribution in [0.15, 0.2) is 34.2 Å². The maximum absolute atomic E-state index is 12.4. The maximum Gasteiger partial charge on any atom is 0.273 e. The minimum absolute atomic E-state index is 0.0512. The number of carbonyl (C=O) groups excluding carboxylic acids is 1. The predicted octanol–water partition coefficient (Wildman–Crippen LogP) is 3.69. The molecule has 0 aliphatic rings. The lowest BCUT2D eigenvalue weighted by atomic mass is 10.1. The Kier molecular flexibility index (Phi) is 4.91. The van der Waals surface area contributed by atoms with Crippen LogP contribution < -0.4 is 5.56 Å². The molecule has 0 spiro atoms. The molecule has 0 N–H and O–H groups in total. The molecule has 0 fully saturated rings. The lowest BCUT2D eigenvalue weighted by molar-refractivity contribution is 0.102. The Morgan fingerprint density at radius 2 is 1.96 bits per heavy atom. The van der Waals surface area contributed by atoms with Crippen LogP contribution in [0, 0.1) is 3.95 Å². The molecule has 0 atom stereocenters. The molecule has 3 rings (SSSR count). The number of benzene rings is 1. The van der Waals surface area contributed by atoms with Crippen LogP contribution in [-0.4, -0.2) is 25.7 Å². The molecule has 0 bridgehead atoms. The summed E-state index contributed by atoms with van der Waals surface area (Å²) < 4.78 is 4.28. The first-order valence-corrected chi connectivity index (χ1v) is 9.45. The molecule has 0 saturated carbocycles. The topological polar surface area (TPSA) is 56.9 Å². The summed E-state index contributed by atoms with van der Waals surface area (Å²) in [7, 11) is 3.42. The van der Waals surface area contributed by atoms with Crippen LogP contribution in [0.4, 0.5) is 0 Å². The Morgan fingerprint density at radius 1 is 1.29 bits per heavy atom. The summed E-state index contributed by atoms with van der Waals surface area (Å²) in [6.45, 7) is 0. The van der Waals surface area contributed by atoms with Gasteiger partial charge in [-0.2, -0.15) is 0 Å². The maximum atomic E-state index is 12.4. The summed E-state index contributed by atoms with van der Waals surface area (Å²) in [4.78, 5) is 29.2. The normalized spacial score (nSPS) is 11.1. The number of thiazole rings is 1. The number of Topliss-reactive ketones (excluding diaryl/α,β-unsaturated/α-hetero) is 1. The fourth-order valence-electron chi connectivity index (χ4n) is 2.09. The van der Waals surface area contributed by atoms with Gasteiger partial charge in [0.15, 0.2) is 20.5 Å². The number of hydrogen-bond donors (Lipinski definition) is 0. The monoisotopic (exact) mass is 397 g/mol. The molecular weight excluding hydrogens is 386 g/mol. The summed E-state index contributed by atoms with van der Waals surface area (Å²) in [5.41, 5.74) is 0.972. The van der Waals surface area contributed by atoms with Crippen molar-refractivity contribution in [2.75, 3.05) is 5.75 Å². The number of hydrogen-bond acceptors (Lipinski definition) is 6. The van der Waals surface area contributed by atoms with Gasteiger partial charge in [-0.1, -0.05) is 34.7 Å². The Hall–Kier alpha value is -1.48. The minimum Gasteiger partial charge on any atom is -0.311 e. The molecule has 0 saturated heterocycles. The van der Waals surface area contributed by atoms with Crippen LogP contribution in [-0.2, 0) is 14.1 Å². The Balaban J connectivity index is 1.90. The van der Waals surface area contributed by atoms with Gasteiger partial charge in [-0.05, 0) is 36.5 Å². The Labute approximate surface area is 155 Å². The number of rotatable bonds is 4. The van der Waals surface area contributed by atoms with E-state index in [1.807, 2.05) is 0 Å². The fourth-order valence-corrected chi connectivity index (χ4v) is 4.30. The Morgan fingerprint density at radius 3 is 2.62 bits per heavy atom. The third kappa shape index (κ3) is 3.19. The molecule has 2 aromatic heterocycles. The number of aryl methyl sites for hydroxylation is 1. The highest BCUT2D eigenvalue weighted by molar-refractivity contribution is 7.99. The molecule has 1 aromatic carbocycles. The van der Waals surface area contributed by atoms with Crippen LogP contribution in [0.2, 0.25) is 5.02 Å². The molecule has 24 heavy (non-hydrogen) atoms. The van der Waals surface area contributed by atoms with Crippen LogP contribution >= 0.6 is 46.9 Å². The standard InChI is InChI=1S/C15H12ClN3O2S3/c1-18-12-11(24-15(18)22)13(21)19(2)14(17-12)23-7-10(20)8-3-5-9(16)6-4-8/h3-6H,7H2,1-2H3. The number of aromatic nitrogens is 3. The van der Waals surface area contributed by atoms with Gasteiger partial charge in [0.05, 0.1) is 5.75 Å². The van der Waals surface area contributed by atoms with E-state index >= 15 is 0 Å². The zero-order chi connectivity index (χ0) is 17.4. The van der Waals surface area contributed by atoms with Crippen molar-refractivity contribution in [2.24, 2.45) is 14.1 Å². The smallest absolute Gasteiger partial charge is 0.273 e. The van der Waals surface area contributed by atoms with Crippen molar-refractivity contribution < 1.29 is 4.79 Å². The first-order chi connectivity index (χ1) is 11.4. The number of nitrogens with zero attached hydrogens (tertiary/aromatic N) is 3. The molecule has 0 radical (unpaired) electrons. The van der Waals surface area contributed by atoms with Gasteiger partial charge in [0.1, 0.15) is 4.70 Å². The molecule has 0 aliphatic carbocycles. The lowest BCUT2D eigenvalue weighted by Crippen LogP contribution is -2.20. The van der Waals surface area contributed by atoms with E-state index in [2.05, 4.69) is 4.98 Å². The van der Waals surface area contributed by atoms with Crippen molar-refractivity contribution in [3.05, 3.63) is 49.2 Å². The molecular formula is C15H12ClN3O2S3. The van der Waals surface area contributed by atoms with Crippen molar-refractivity contribution in [2.45, 2.75) is 5.16 Å². The first-order valence-electron chi connectivity index (χ1n) is 6.86. The molecule has 5 nitrogen and oxygen atoms in total. The van der Waals surface area contributed by atoms with E-state index in [9.17, 15) is 9.59 Å². The van der Waals surface area contributed by atoms with Gasteiger partial charge in [0, 0.05) is 24.7 Å². The van der Waals surface area contributed by atoms with Gasteiger partial charge < -0.3 is 4.57 Å². The molecule has 0 aliphatic heterocycles. The molecule has 3 aromatic rings. The van der Waals surface area contributed by atoms with E-state index in [1.54, 1.807) is 42.9 Å². The molecule has 0 amide bonds. The second-order valence-corrected chi connectivity index (χ2v) is 8.08. The van der Waals surface area contributed by atoms with Crippen LogP contribution in [0.25, 0.3) is 10.3 Å². The van der Waals surface area contributed by atoms with E-state index in [0.717, 1.165) is 0 Å². The second-order valence-electron chi connectivity index (χ2n) is 5.06. The van der Waals surface area contributed by atoms with Crippen molar-refractivity contribution in [1.29, 1.82) is 0 Å². The summed E-state index contributed by atoms with van der Waals surface area (Å²) >= 11 is 13.5.